The number of aliphatic carboxylic acids is 1. The number of hydrogen-bond donors (Lipinski definition) is 1. The molecule has 0 aromatic rings. The summed E-state index contributed by atoms with van der Waals surface area (Å²) in [7, 11) is 5.93. The van der Waals surface area contributed by atoms with Crippen LogP contribution < -0.4 is 0 Å². The van der Waals surface area contributed by atoms with Gasteiger partial charge in [0, 0.05) is 12.8 Å². The van der Waals surface area contributed by atoms with Gasteiger partial charge >= 0.3 is 17.9 Å². The maximum absolute atomic E-state index is 12.8. The zero-order valence-electron chi connectivity index (χ0n) is 39.3. The molecule has 9 nitrogen and oxygen atoms in total. The van der Waals surface area contributed by atoms with Crippen LogP contribution in [0, 0.1) is 0 Å². The zero-order chi connectivity index (χ0) is 44.9. The van der Waals surface area contributed by atoms with Gasteiger partial charge in [-0.1, -0.05) is 150 Å². The van der Waals surface area contributed by atoms with Crippen molar-refractivity contribution >= 4 is 17.9 Å². The molecule has 0 fully saturated rings. The fraction of sp³-hybridized carbons (Fsp3) is 0.673. The van der Waals surface area contributed by atoms with Crippen molar-refractivity contribution < 1.29 is 42.9 Å². The molecule has 348 valence electrons. The third kappa shape index (κ3) is 44.3. The minimum Gasteiger partial charge on any atom is -0.477 e. The fourth-order valence-corrected chi connectivity index (χ4v) is 5.95. The zero-order valence-corrected chi connectivity index (χ0v) is 39.3. The number of quaternary nitrogens is 1. The molecule has 0 aromatic carbocycles. The predicted octanol–water partition coefficient (Wildman–Crippen LogP) is 12.9. The molecular formula is C52H88NO8+. The second kappa shape index (κ2) is 43.1. The highest BCUT2D eigenvalue weighted by Crippen LogP contribution is 2.12. The summed E-state index contributed by atoms with van der Waals surface area (Å²) in [6.07, 6.45) is 52.1. The normalized spacial score (nSPS) is 13.7. The van der Waals surface area contributed by atoms with Crippen molar-refractivity contribution in [2.45, 2.75) is 180 Å². The van der Waals surface area contributed by atoms with E-state index in [1.807, 2.05) is 21.1 Å². The number of allylic oxidation sites excluding steroid dienone is 14. The van der Waals surface area contributed by atoms with E-state index >= 15 is 0 Å². The first-order valence-corrected chi connectivity index (χ1v) is 23.8. The molecule has 0 bridgehead atoms. The van der Waals surface area contributed by atoms with Gasteiger partial charge in [0.15, 0.2) is 6.10 Å². The van der Waals surface area contributed by atoms with Gasteiger partial charge in [0.05, 0.1) is 34.4 Å². The summed E-state index contributed by atoms with van der Waals surface area (Å²) in [4.78, 5) is 37.2. The lowest BCUT2D eigenvalue weighted by Crippen LogP contribution is -2.40. The van der Waals surface area contributed by atoms with Crippen LogP contribution in [0.15, 0.2) is 85.1 Å². The highest BCUT2D eigenvalue weighted by Gasteiger charge is 2.25. The third-order valence-corrected chi connectivity index (χ3v) is 9.64. The third-order valence-electron chi connectivity index (χ3n) is 9.64. The molecule has 0 aliphatic heterocycles. The minimum absolute atomic E-state index is 0.175. The monoisotopic (exact) mass is 855 g/mol. The standard InChI is InChI=1S/C52H87NO8/c1-6-8-10-12-14-16-18-20-22-24-25-27-28-30-32-34-36-38-40-42-49(54)59-46-48(47-60-52(51(56)57)58-45-44-53(3,4)5)61-50(55)43-41-39-37-35-33-31-29-26-23-21-19-17-15-13-11-9-7-2/h9,11,14-17,20-23,25,27,29,31,48,52H,6-8,10,12-13,18-19,24,26,28,30,32-47H2,1-5H3/p+1/b11-9-,16-14-,17-15-,22-20-,23-21-,27-25-,31-29-. The second-order valence-corrected chi connectivity index (χ2v) is 16.7. The van der Waals surface area contributed by atoms with Crippen molar-refractivity contribution in [3.05, 3.63) is 85.1 Å². The van der Waals surface area contributed by atoms with E-state index in [1.54, 1.807) is 0 Å². The van der Waals surface area contributed by atoms with E-state index in [0.717, 1.165) is 96.3 Å². The Hall–Kier alpha value is -3.53. The molecule has 9 heteroatoms. The summed E-state index contributed by atoms with van der Waals surface area (Å²) >= 11 is 0. The first-order valence-electron chi connectivity index (χ1n) is 23.8. The maximum atomic E-state index is 12.8. The van der Waals surface area contributed by atoms with Gasteiger partial charge in [-0.15, -0.1) is 0 Å². The van der Waals surface area contributed by atoms with E-state index in [-0.39, 0.29) is 38.6 Å². The van der Waals surface area contributed by atoms with Crippen LogP contribution in [0.25, 0.3) is 0 Å². The summed E-state index contributed by atoms with van der Waals surface area (Å²) < 4.78 is 22.7. The van der Waals surface area contributed by atoms with Crippen LogP contribution in [-0.2, 0) is 33.3 Å². The lowest BCUT2D eigenvalue weighted by Gasteiger charge is -2.25. The van der Waals surface area contributed by atoms with Crippen LogP contribution in [-0.4, -0.2) is 87.4 Å². The van der Waals surface area contributed by atoms with Gasteiger partial charge in [0.1, 0.15) is 13.2 Å². The number of carbonyl (C=O) groups excluding carboxylic acids is 2. The molecule has 0 spiro atoms. The number of rotatable bonds is 42. The van der Waals surface area contributed by atoms with Gasteiger partial charge in [-0.05, 0) is 89.9 Å². The van der Waals surface area contributed by atoms with Crippen molar-refractivity contribution in [1.82, 2.24) is 0 Å². The highest BCUT2D eigenvalue weighted by atomic mass is 16.7. The Kier molecular flexibility index (Phi) is 40.6. The first kappa shape index (κ1) is 57.5. The average molecular weight is 855 g/mol. The van der Waals surface area contributed by atoms with Crippen LogP contribution >= 0.6 is 0 Å². The first-order chi connectivity index (χ1) is 29.6. The molecule has 0 saturated carbocycles. The van der Waals surface area contributed by atoms with E-state index in [0.29, 0.717) is 17.4 Å². The average Bonchev–Trinajstić information content (AvgIpc) is 3.22. The number of hydrogen-bond acceptors (Lipinski definition) is 7. The molecule has 0 aromatic heterocycles. The summed E-state index contributed by atoms with van der Waals surface area (Å²) in [5, 5.41) is 9.65. The van der Waals surface area contributed by atoms with Crippen LogP contribution in [0.3, 0.4) is 0 Å². The number of ether oxygens (including phenoxy) is 4. The molecule has 0 amide bonds. The second-order valence-electron chi connectivity index (χ2n) is 16.7. The fourth-order valence-electron chi connectivity index (χ4n) is 5.95. The molecule has 0 rings (SSSR count). The highest BCUT2D eigenvalue weighted by molar-refractivity contribution is 5.71. The van der Waals surface area contributed by atoms with Gasteiger partial charge in [0.2, 0.25) is 0 Å². The predicted molar refractivity (Wildman–Crippen MR) is 253 cm³/mol. The molecule has 0 aliphatic rings. The molecule has 61 heavy (non-hydrogen) atoms. The molecule has 1 N–H and O–H groups in total. The molecule has 0 saturated heterocycles. The molecule has 0 aliphatic carbocycles. The van der Waals surface area contributed by atoms with Crippen molar-refractivity contribution in [2.75, 3.05) is 47.5 Å². The van der Waals surface area contributed by atoms with E-state index in [2.05, 4.69) is 98.9 Å². The Bertz CT molecular complexity index is 1270. The number of unbranched alkanes of at least 4 members (excludes halogenated alkanes) is 13. The molecule has 2 unspecified atom stereocenters. The van der Waals surface area contributed by atoms with Gasteiger partial charge in [-0.3, -0.25) is 9.59 Å². The maximum Gasteiger partial charge on any atom is 0.361 e. The Balaban J connectivity index is 4.49. The van der Waals surface area contributed by atoms with Crippen LogP contribution in [0.1, 0.15) is 168 Å². The number of carbonyl (C=O) groups is 3. The lowest BCUT2D eigenvalue weighted by molar-refractivity contribution is -0.870. The van der Waals surface area contributed by atoms with Crippen molar-refractivity contribution in [2.24, 2.45) is 0 Å². The quantitative estimate of drug-likeness (QED) is 0.0213. The van der Waals surface area contributed by atoms with Gasteiger partial charge in [-0.2, -0.15) is 0 Å². The number of likely N-dealkylation sites (N-methyl/N-ethyl adjacent to an activating group) is 1. The smallest absolute Gasteiger partial charge is 0.361 e. The Morgan fingerprint density at radius 1 is 0.508 bits per heavy atom. The van der Waals surface area contributed by atoms with E-state index in [1.165, 1.54) is 38.5 Å². The minimum atomic E-state index is -1.52. The molecule has 0 radical (unpaired) electrons. The Morgan fingerprint density at radius 3 is 1.39 bits per heavy atom. The Morgan fingerprint density at radius 2 is 0.934 bits per heavy atom. The van der Waals surface area contributed by atoms with Gasteiger partial charge in [0.25, 0.3) is 6.29 Å². The van der Waals surface area contributed by atoms with Gasteiger partial charge < -0.3 is 28.5 Å². The van der Waals surface area contributed by atoms with Crippen molar-refractivity contribution in [1.29, 1.82) is 0 Å². The number of esters is 2. The van der Waals surface area contributed by atoms with Gasteiger partial charge in [-0.25, -0.2) is 4.79 Å². The number of carboxylic acid groups (broad SMARTS) is 1. The lowest BCUT2D eigenvalue weighted by atomic mass is 10.1. The van der Waals surface area contributed by atoms with E-state index in [4.69, 9.17) is 18.9 Å². The van der Waals surface area contributed by atoms with Crippen LogP contribution in [0.4, 0.5) is 0 Å². The van der Waals surface area contributed by atoms with E-state index in [9.17, 15) is 19.5 Å². The molecule has 2 atom stereocenters. The van der Waals surface area contributed by atoms with Crippen LogP contribution in [0.2, 0.25) is 0 Å². The van der Waals surface area contributed by atoms with Crippen molar-refractivity contribution in [3.63, 3.8) is 0 Å². The van der Waals surface area contributed by atoms with Crippen LogP contribution in [0.5, 0.6) is 0 Å². The number of carboxylic acids is 1. The number of nitrogens with zero attached hydrogens (tertiary/aromatic N) is 1. The molecular weight excluding hydrogens is 767 g/mol. The largest absolute Gasteiger partial charge is 0.477 e. The topological polar surface area (TPSA) is 108 Å². The van der Waals surface area contributed by atoms with Crippen molar-refractivity contribution in [3.8, 4) is 0 Å². The van der Waals surface area contributed by atoms with E-state index < -0.39 is 24.3 Å². The molecule has 0 heterocycles. The summed E-state index contributed by atoms with van der Waals surface area (Å²) in [6, 6.07) is 0. The summed E-state index contributed by atoms with van der Waals surface area (Å²) in [5.74, 6) is -2.07. The summed E-state index contributed by atoms with van der Waals surface area (Å²) in [5.41, 5.74) is 0. The Labute approximate surface area is 372 Å². The summed E-state index contributed by atoms with van der Waals surface area (Å²) in [6.45, 7) is 4.66. The SMILES string of the molecule is CC/C=C\C/C=C\C/C=C\C/C=C\CCCCCCC(=O)OC(COC(=O)CCCCCCCC/C=C\C/C=C\C/C=C\CCCCC)COC(OCC[N+](C)(C)C)C(=O)O.